The Bertz CT molecular complexity index is 385. The van der Waals surface area contributed by atoms with Crippen LogP contribution in [0.3, 0.4) is 0 Å². The third-order valence-electron chi connectivity index (χ3n) is 2.50. The van der Waals surface area contributed by atoms with Gasteiger partial charge in [0.25, 0.3) is 0 Å². The number of fused-ring (bicyclic) bond motifs is 1. The second kappa shape index (κ2) is 2.76. The lowest BCUT2D eigenvalue weighted by atomic mass is 10.1. The third kappa shape index (κ3) is 1.08. The lowest BCUT2D eigenvalue weighted by molar-refractivity contribution is 0.0975. The molecule has 0 radical (unpaired) electrons. The monoisotopic (exact) mass is 175 g/mol. The molecule has 0 bridgehead atoms. The molecule has 0 aromatic heterocycles. The van der Waals surface area contributed by atoms with E-state index in [9.17, 15) is 9.70 Å². The number of carbonyl (C=O) groups excluding carboxylic acids is 1. The average molecular weight is 175 g/mol. The molecule has 1 aromatic carbocycles. The third-order valence-corrected chi connectivity index (χ3v) is 2.50. The first-order valence-corrected chi connectivity index (χ1v) is 4.19. The Labute approximate surface area is 75.7 Å². The first-order chi connectivity index (χ1) is 6.24. The van der Waals surface area contributed by atoms with Crippen LogP contribution in [-0.2, 0) is 6.42 Å². The molecule has 0 aliphatic heterocycles. The van der Waals surface area contributed by atoms with Gasteiger partial charge in [-0.2, -0.15) is 4.91 Å². The maximum atomic E-state index is 11.5. The number of rotatable bonds is 1. The van der Waals surface area contributed by atoms with Crippen LogP contribution in [0.1, 0.15) is 21.5 Å². The van der Waals surface area contributed by atoms with E-state index >= 15 is 0 Å². The van der Waals surface area contributed by atoms with Gasteiger partial charge in [0.15, 0.2) is 11.8 Å². The van der Waals surface area contributed by atoms with Crippen molar-refractivity contribution in [1.29, 1.82) is 0 Å². The van der Waals surface area contributed by atoms with Gasteiger partial charge in [-0.05, 0) is 18.1 Å². The highest BCUT2D eigenvalue weighted by atomic mass is 16.3. The van der Waals surface area contributed by atoms with Gasteiger partial charge in [0.1, 0.15) is 0 Å². The summed E-state index contributed by atoms with van der Waals surface area (Å²) in [5, 5.41) is 2.82. The van der Waals surface area contributed by atoms with E-state index in [0.29, 0.717) is 12.0 Å². The number of hydrogen-bond donors (Lipinski definition) is 0. The van der Waals surface area contributed by atoms with E-state index in [-0.39, 0.29) is 5.78 Å². The Balaban J connectivity index is 2.55. The van der Waals surface area contributed by atoms with Crippen LogP contribution >= 0.6 is 0 Å². The van der Waals surface area contributed by atoms with Crippen molar-refractivity contribution in [3.05, 3.63) is 39.8 Å². The number of benzene rings is 1. The normalized spacial score (nSPS) is 20.1. The molecule has 3 heteroatoms. The Hall–Kier alpha value is -1.51. The van der Waals surface area contributed by atoms with Crippen molar-refractivity contribution in [3.63, 3.8) is 0 Å². The van der Waals surface area contributed by atoms with Crippen LogP contribution < -0.4 is 0 Å². The van der Waals surface area contributed by atoms with Gasteiger partial charge in [0, 0.05) is 12.0 Å². The second-order valence-corrected chi connectivity index (χ2v) is 3.29. The molecule has 0 spiro atoms. The summed E-state index contributed by atoms with van der Waals surface area (Å²) in [6.07, 6.45) is 0.477. The summed E-state index contributed by atoms with van der Waals surface area (Å²) in [5.41, 5.74) is 2.72. The van der Waals surface area contributed by atoms with Gasteiger partial charge in [-0.3, -0.25) is 4.79 Å². The predicted molar refractivity (Wildman–Crippen MR) is 48.8 cm³/mol. The molecule has 2 rings (SSSR count). The lowest BCUT2D eigenvalue weighted by Gasteiger charge is -1.99. The molecule has 0 amide bonds. The second-order valence-electron chi connectivity index (χ2n) is 3.29. The van der Waals surface area contributed by atoms with E-state index in [1.165, 1.54) is 0 Å². The van der Waals surface area contributed by atoms with Gasteiger partial charge in [0.05, 0.1) is 0 Å². The lowest BCUT2D eigenvalue weighted by Crippen LogP contribution is -2.11. The Morgan fingerprint density at radius 2 is 2.23 bits per heavy atom. The van der Waals surface area contributed by atoms with Crippen molar-refractivity contribution >= 4 is 5.78 Å². The molecule has 1 aliphatic rings. The zero-order valence-electron chi connectivity index (χ0n) is 7.28. The van der Waals surface area contributed by atoms with Crippen LogP contribution in [0.5, 0.6) is 0 Å². The highest BCUT2D eigenvalue weighted by molar-refractivity contribution is 6.04. The molecule has 1 aliphatic carbocycles. The van der Waals surface area contributed by atoms with E-state index in [2.05, 4.69) is 5.18 Å². The fraction of sp³-hybridized carbons (Fsp3) is 0.300. The van der Waals surface area contributed by atoms with Gasteiger partial charge in [-0.15, -0.1) is 0 Å². The molecule has 1 aromatic rings. The van der Waals surface area contributed by atoms with Gasteiger partial charge in [-0.1, -0.05) is 23.4 Å². The van der Waals surface area contributed by atoms with Crippen molar-refractivity contribution in [2.45, 2.75) is 19.4 Å². The van der Waals surface area contributed by atoms with E-state index in [4.69, 9.17) is 0 Å². The maximum Gasteiger partial charge on any atom is 0.191 e. The quantitative estimate of drug-likeness (QED) is 0.611. The number of aryl methyl sites for hydroxylation is 1. The van der Waals surface area contributed by atoms with Gasteiger partial charge in [-0.25, -0.2) is 0 Å². The molecule has 0 fully saturated rings. The summed E-state index contributed by atoms with van der Waals surface area (Å²) in [5.74, 6) is -0.131. The van der Waals surface area contributed by atoms with Gasteiger partial charge in [0.2, 0.25) is 0 Å². The summed E-state index contributed by atoms with van der Waals surface area (Å²) in [4.78, 5) is 21.8. The SMILES string of the molecule is Cc1cccc2c1CC(N=O)C2=O. The van der Waals surface area contributed by atoms with Gasteiger partial charge >= 0.3 is 0 Å². The van der Waals surface area contributed by atoms with Crippen LogP contribution in [0, 0.1) is 11.8 Å². The number of Topliss-reactive ketones (excluding diaryl/α,β-unsaturated/α-hetero) is 1. The Morgan fingerprint density at radius 1 is 1.46 bits per heavy atom. The summed E-state index contributed by atoms with van der Waals surface area (Å²) < 4.78 is 0. The standard InChI is InChI=1S/C10H9NO2/c1-6-3-2-4-7-8(6)5-9(11-13)10(7)12/h2-4,9H,5H2,1H3. The zero-order chi connectivity index (χ0) is 9.42. The Kier molecular flexibility index (Phi) is 1.72. The summed E-state index contributed by atoms with van der Waals surface area (Å²) in [7, 11) is 0. The first-order valence-electron chi connectivity index (χ1n) is 4.19. The summed E-state index contributed by atoms with van der Waals surface area (Å²) in [6, 6.07) is 4.85. The smallest absolute Gasteiger partial charge is 0.191 e. The molecule has 0 heterocycles. The van der Waals surface area contributed by atoms with E-state index in [1.807, 2.05) is 19.1 Å². The predicted octanol–water partition coefficient (Wildman–Crippen LogP) is 1.87. The number of nitrogens with zero attached hydrogens (tertiary/aromatic N) is 1. The Morgan fingerprint density at radius 3 is 2.85 bits per heavy atom. The highest BCUT2D eigenvalue weighted by Crippen LogP contribution is 2.26. The minimum absolute atomic E-state index is 0.131. The molecule has 66 valence electrons. The largest absolute Gasteiger partial charge is 0.292 e. The molecule has 13 heavy (non-hydrogen) atoms. The topological polar surface area (TPSA) is 46.5 Å². The molecule has 0 saturated heterocycles. The van der Waals surface area contributed by atoms with E-state index < -0.39 is 6.04 Å². The fourth-order valence-electron chi connectivity index (χ4n) is 1.75. The van der Waals surface area contributed by atoms with Crippen LogP contribution in [0.4, 0.5) is 0 Å². The molecule has 0 saturated carbocycles. The van der Waals surface area contributed by atoms with Crippen molar-refractivity contribution < 1.29 is 4.79 Å². The van der Waals surface area contributed by atoms with Crippen LogP contribution in [0.15, 0.2) is 23.4 Å². The minimum Gasteiger partial charge on any atom is -0.292 e. The maximum absolute atomic E-state index is 11.5. The van der Waals surface area contributed by atoms with E-state index in [1.54, 1.807) is 6.07 Å². The van der Waals surface area contributed by atoms with Crippen LogP contribution in [0.25, 0.3) is 0 Å². The molecule has 3 nitrogen and oxygen atoms in total. The zero-order valence-corrected chi connectivity index (χ0v) is 7.28. The molecular formula is C10H9NO2. The van der Waals surface area contributed by atoms with Crippen LogP contribution in [-0.4, -0.2) is 11.8 Å². The summed E-state index contributed by atoms with van der Waals surface area (Å²) >= 11 is 0. The molecule has 1 unspecified atom stereocenters. The first kappa shape index (κ1) is 8.10. The molecule has 0 N–H and O–H groups in total. The number of nitroso groups, excluding NO2 is 1. The van der Waals surface area contributed by atoms with Crippen molar-refractivity contribution in [1.82, 2.24) is 0 Å². The van der Waals surface area contributed by atoms with Gasteiger partial charge < -0.3 is 0 Å². The fourth-order valence-corrected chi connectivity index (χ4v) is 1.75. The summed E-state index contributed by atoms with van der Waals surface area (Å²) in [6.45, 7) is 1.94. The highest BCUT2D eigenvalue weighted by Gasteiger charge is 2.31. The number of carbonyl (C=O) groups is 1. The number of ketones is 1. The van der Waals surface area contributed by atoms with Crippen LogP contribution in [0.2, 0.25) is 0 Å². The van der Waals surface area contributed by atoms with E-state index in [0.717, 1.165) is 11.1 Å². The van der Waals surface area contributed by atoms with Crippen molar-refractivity contribution in [2.24, 2.45) is 5.18 Å². The molecule has 1 atom stereocenters. The van der Waals surface area contributed by atoms with Crippen molar-refractivity contribution in [2.75, 3.05) is 0 Å². The molecular weight excluding hydrogens is 166 g/mol. The number of hydrogen-bond acceptors (Lipinski definition) is 3. The average Bonchev–Trinajstić information content (AvgIpc) is 2.45. The minimum atomic E-state index is -0.684. The van der Waals surface area contributed by atoms with Crippen molar-refractivity contribution in [3.8, 4) is 0 Å².